The number of hydrogen-bond donors (Lipinski definition) is 1. The van der Waals surface area contributed by atoms with Crippen LogP contribution in [0.4, 0.5) is 0 Å². The first-order chi connectivity index (χ1) is 7.20. The fraction of sp³-hybridized carbons (Fsp3) is 0.818. The van der Waals surface area contributed by atoms with Gasteiger partial charge in [-0.05, 0) is 13.5 Å². The number of nitrogens with one attached hydrogen (secondary N) is 1. The second kappa shape index (κ2) is 13.8. The Morgan fingerprint density at radius 1 is 1.06 bits per heavy atom. The molecule has 0 spiro atoms. The van der Waals surface area contributed by atoms with Gasteiger partial charge in [0.05, 0.1) is 6.54 Å². The molecule has 0 aliphatic rings. The maximum Gasteiger partial charge on any atom is 0.327 e. The van der Waals surface area contributed by atoms with Crippen LogP contribution in [0.5, 0.6) is 0 Å². The molecule has 0 atom stereocenters. The number of rotatable bonds is 8. The topological polar surface area (TPSA) is 55.4 Å². The molecule has 5 heteroatoms. The summed E-state index contributed by atoms with van der Waals surface area (Å²) in [6.07, 6.45) is 5.72. The molecule has 0 aromatic rings. The summed E-state index contributed by atoms with van der Waals surface area (Å²) in [4.78, 5) is 22.0. The molecular formula is C11H21KNO3. The van der Waals surface area contributed by atoms with Crippen molar-refractivity contribution in [3.05, 3.63) is 0 Å². The Morgan fingerprint density at radius 3 is 2.25 bits per heavy atom. The van der Waals surface area contributed by atoms with E-state index in [9.17, 15) is 9.59 Å². The third-order valence-corrected chi connectivity index (χ3v) is 2.03. The Hall–Kier alpha value is 0.736. The van der Waals surface area contributed by atoms with E-state index in [1.165, 1.54) is 12.8 Å². The molecule has 0 unspecified atom stereocenters. The van der Waals surface area contributed by atoms with Crippen LogP contribution in [0, 0.1) is 0 Å². The van der Waals surface area contributed by atoms with Crippen LogP contribution in [0.25, 0.3) is 0 Å². The van der Waals surface area contributed by atoms with Crippen molar-refractivity contribution in [2.75, 3.05) is 13.6 Å². The van der Waals surface area contributed by atoms with Gasteiger partial charge in [0.2, 0.25) is 0 Å². The SMILES string of the molecule is CCCCCCCC(=O)OC(=O)CNC.[K]. The number of hydrogen-bond acceptors (Lipinski definition) is 4. The Balaban J connectivity index is 0. The molecule has 89 valence electrons. The molecule has 4 nitrogen and oxygen atoms in total. The molecule has 0 bridgehead atoms. The van der Waals surface area contributed by atoms with Gasteiger partial charge in [0, 0.05) is 57.8 Å². The zero-order chi connectivity index (χ0) is 11.5. The number of carbonyl (C=O) groups is 2. The quantitative estimate of drug-likeness (QED) is 0.307. The fourth-order valence-corrected chi connectivity index (χ4v) is 1.23. The molecule has 0 heterocycles. The van der Waals surface area contributed by atoms with Gasteiger partial charge in [0.25, 0.3) is 0 Å². The molecule has 0 fully saturated rings. The second-order valence-electron chi connectivity index (χ2n) is 3.54. The van der Waals surface area contributed by atoms with Crippen LogP contribution >= 0.6 is 0 Å². The molecule has 0 aromatic carbocycles. The van der Waals surface area contributed by atoms with Gasteiger partial charge in [-0.1, -0.05) is 32.6 Å². The Kier molecular flexibility index (Phi) is 16.5. The summed E-state index contributed by atoms with van der Waals surface area (Å²) in [6.45, 7) is 2.23. The largest absolute Gasteiger partial charge is 0.392 e. The number of likely N-dealkylation sites (N-methyl/N-ethyl adjacent to an activating group) is 1. The van der Waals surface area contributed by atoms with E-state index < -0.39 is 11.9 Å². The molecule has 0 amide bonds. The molecule has 1 radical (unpaired) electrons. The number of ether oxygens (including phenoxy) is 1. The van der Waals surface area contributed by atoms with E-state index in [4.69, 9.17) is 0 Å². The first kappa shape index (κ1) is 19.1. The zero-order valence-corrected chi connectivity index (χ0v) is 13.8. The minimum atomic E-state index is -0.504. The molecule has 0 saturated heterocycles. The predicted molar refractivity (Wildman–Crippen MR) is 64.2 cm³/mol. The summed E-state index contributed by atoms with van der Waals surface area (Å²) in [6, 6.07) is 0. The standard InChI is InChI=1S/C11H21NO3.K/c1-3-4-5-6-7-8-10(13)15-11(14)9-12-2;/h12H,3-9H2,1-2H3;. The molecule has 0 aliphatic carbocycles. The normalized spacial score (nSPS) is 9.38. The van der Waals surface area contributed by atoms with Gasteiger partial charge in [0.15, 0.2) is 0 Å². The maximum atomic E-state index is 11.1. The summed E-state index contributed by atoms with van der Waals surface area (Å²) in [5.74, 6) is -0.914. The van der Waals surface area contributed by atoms with Crippen LogP contribution in [0.3, 0.4) is 0 Å². The summed E-state index contributed by atoms with van der Waals surface area (Å²) < 4.78 is 4.56. The molecular weight excluding hydrogens is 233 g/mol. The van der Waals surface area contributed by atoms with Gasteiger partial charge >= 0.3 is 11.9 Å². The smallest absolute Gasteiger partial charge is 0.327 e. The first-order valence-corrected chi connectivity index (χ1v) is 5.58. The monoisotopic (exact) mass is 254 g/mol. The predicted octanol–water partition coefficient (Wildman–Crippen LogP) is 1.26. The van der Waals surface area contributed by atoms with Crippen LogP contribution < -0.4 is 5.32 Å². The maximum absolute atomic E-state index is 11.1. The van der Waals surface area contributed by atoms with Gasteiger partial charge in [-0.2, -0.15) is 0 Å². The molecule has 0 rings (SSSR count). The average Bonchev–Trinajstić information content (AvgIpc) is 2.17. The van der Waals surface area contributed by atoms with Crippen molar-refractivity contribution in [3.8, 4) is 0 Å². The number of esters is 2. The Morgan fingerprint density at radius 2 is 1.69 bits per heavy atom. The van der Waals surface area contributed by atoms with E-state index in [2.05, 4.69) is 17.0 Å². The van der Waals surface area contributed by atoms with Crippen molar-refractivity contribution in [2.45, 2.75) is 45.4 Å². The molecule has 0 aromatic heterocycles. The minimum absolute atomic E-state index is 0. The first-order valence-electron chi connectivity index (χ1n) is 5.58. The fourth-order valence-electron chi connectivity index (χ4n) is 1.23. The summed E-state index contributed by atoms with van der Waals surface area (Å²) >= 11 is 0. The third kappa shape index (κ3) is 12.8. The van der Waals surface area contributed by atoms with Crippen molar-refractivity contribution < 1.29 is 14.3 Å². The van der Waals surface area contributed by atoms with E-state index in [-0.39, 0.29) is 57.9 Å². The van der Waals surface area contributed by atoms with Crippen molar-refractivity contribution in [2.24, 2.45) is 0 Å². The van der Waals surface area contributed by atoms with Crippen molar-refractivity contribution in [1.82, 2.24) is 5.32 Å². The van der Waals surface area contributed by atoms with E-state index >= 15 is 0 Å². The number of unbranched alkanes of at least 4 members (excludes halogenated alkanes) is 4. The molecule has 0 aliphatic heterocycles. The van der Waals surface area contributed by atoms with Crippen LogP contribution in [0.2, 0.25) is 0 Å². The van der Waals surface area contributed by atoms with Crippen molar-refractivity contribution >= 4 is 63.3 Å². The van der Waals surface area contributed by atoms with E-state index in [1.807, 2.05) is 0 Å². The van der Waals surface area contributed by atoms with Gasteiger partial charge in [-0.3, -0.25) is 9.59 Å². The van der Waals surface area contributed by atoms with Gasteiger partial charge in [-0.15, -0.1) is 0 Å². The summed E-state index contributed by atoms with van der Waals surface area (Å²) in [5.41, 5.74) is 0. The van der Waals surface area contributed by atoms with Crippen LogP contribution in [0.1, 0.15) is 45.4 Å². The average molecular weight is 254 g/mol. The van der Waals surface area contributed by atoms with Crippen LogP contribution in [-0.2, 0) is 14.3 Å². The second-order valence-corrected chi connectivity index (χ2v) is 3.54. The summed E-state index contributed by atoms with van der Waals surface area (Å²) in [5, 5.41) is 2.63. The van der Waals surface area contributed by atoms with Crippen LogP contribution in [0.15, 0.2) is 0 Å². The van der Waals surface area contributed by atoms with E-state index in [1.54, 1.807) is 7.05 Å². The van der Waals surface area contributed by atoms with Gasteiger partial charge < -0.3 is 10.1 Å². The minimum Gasteiger partial charge on any atom is -0.392 e. The number of carbonyl (C=O) groups excluding carboxylic acids is 2. The van der Waals surface area contributed by atoms with Crippen LogP contribution in [-0.4, -0.2) is 76.9 Å². The summed E-state index contributed by atoms with van der Waals surface area (Å²) in [7, 11) is 1.64. The molecule has 0 saturated carbocycles. The Labute approximate surface area is 140 Å². The van der Waals surface area contributed by atoms with Gasteiger partial charge in [-0.25, -0.2) is 0 Å². The Bertz CT molecular complexity index is 198. The van der Waals surface area contributed by atoms with Crippen molar-refractivity contribution in [3.63, 3.8) is 0 Å². The van der Waals surface area contributed by atoms with Crippen molar-refractivity contribution in [1.29, 1.82) is 0 Å². The third-order valence-electron chi connectivity index (χ3n) is 2.03. The zero-order valence-electron chi connectivity index (χ0n) is 10.7. The van der Waals surface area contributed by atoms with E-state index in [0.717, 1.165) is 19.3 Å². The van der Waals surface area contributed by atoms with E-state index in [0.29, 0.717) is 6.42 Å². The van der Waals surface area contributed by atoms with Gasteiger partial charge in [0.1, 0.15) is 0 Å². The molecule has 1 N–H and O–H groups in total. The molecule has 16 heavy (non-hydrogen) atoms.